The number of nitrogens with one attached hydrogen (secondary N) is 1. The van der Waals surface area contributed by atoms with Gasteiger partial charge in [0.05, 0.1) is 17.1 Å². The van der Waals surface area contributed by atoms with Crippen molar-refractivity contribution in [2.75, 3.05) is 5.32 Å². The van der Waals surface area contributed by atoms with Gasteiger partial charge in [-0.2, -0.15) is 5.10 Å². The average Bonchev–Trinajstić information content (AvgIpc) is 3.26. The Labute approximate surface area is 160 Å². The maximum Gasteiger partial charge on any atom is 0.274 e. The Bertz CT molecular complexity index is 1100. The van der Waals surface area contributed by atoms with E-state index >= 15 is 0 Å². The number of benzene rings is 2. The summed E-state index contributed by atoms with van der Waals surface area (Å²) in [5.41, 5.74) is 3.87. The molecular formula is C20H17N7O. The van der Waals surface area contributed by atoms with E-state index in [1.165, 1.54) is 6.33 Å². The molecule has 1 aliphatic carbocycles. The monoisotopic (exact) mass is 371 g/mol. The van der Waals surface area contributed by atoms with Crippen LogP contribution < -0.4 is 5.32 Å². The number of anilines is 1. The van der Waals surface area contributed by atoms with Crippen LogP contribution in [-0.2, 0) is 0 Å². The van der Waals surface area contributed by atoms with Crippen LogP contribution in [0.15, 0.2) is 67.0 Å². The van der Waals surface area contributed by atoms with E-state index in [0.717, 1.165) is 29.9 Å². The van der Waals surface area contributed by atoms with Crippen molar-refractivity contribution in [1.29, 1.82) is 0 Å². The Morgan fingerprint density at radius 2 is 1.79 bits per heavy atom. The molecule has 2 heterocycles. The fourth-order valence-electron chi connectivity index (χ4n) is 3.08. The van der Waals surface area contributed by atoms with Gasteiger partial charge in [0.25, 0.3) is 5.91 Å². The van der Waals surface area contributed by atoms with Crippen molar-refractivity contribution in [2.45, 2.75) is 18.8 Å². The number of aromatic nitrogens is 6. The number of para-hydroxylation sites is 1. The van der Waals surface area contributed by atoms with E-state index in [1.54, 1.807) is 9.36 Å². The molecule has 0 bridgehead atoms. The minimum Gasteiger partial charge on any atom is -0.321 e. The topological polar surface area (TPSA) is 90.5 Å². The third-order valence-corrected chi connectivity index (χ3v) is 4.70. The van der Waals surface area contributed by atoms with Gasteiger partial charge in [-0.25, -0.2) is 9.36 Å². The third kappa shape index (κ3) is 3.16. The molecule has 0 spiro atoms. The van der Waals surface area contributed by atoms with Crippen LogP contribution in [0.1, 0.15) is 34.9 Å². The van der Waals surface area contributed by atoms with Crippen LogP contribution >= 0.6 is 0 Å². The number of rotatable bonds is 5. The summed E-state index contributed by atoms with van der Waals surface area (Å²) in [4.78, 5) is 13.0. The van der Waals surface area contributed by atoms with Gasteiger partial charge < -0.3 is 5.32 Å². The smallest absolute Gasteiger partial charge is 0.274 e. The van der Waals surface area contributed by atoms with E-state index < -0.39 is 0 Å². The van der Waals surface area contributed by atoms with E-state index in [-0.39, 0.29) is 5.91 Å². The molecular weight excluding hydrogens is 354 g/mol. The summed E-state index contributed by atoms with van der Waals surface area (Å²) in [6, 6.07) is 18.9. The second-order valence-corrected chi connectivity index (χ2v) is 6.73. The lowest BCUT2D eigenvalue weighted by molar-refractivity contribution is 0.101. The Morgan fingerprint density at radius 3 is 2.46 bits per heavy atom. The quantitative estimate of drug-likeness (QED) is 0.582. The Kier molecular flexibility index (Phi) is 3.93. The van der Waals surface area contributed by atoms with Gasteiger partial charge in [0.2, 0.25) is 0 Å². The Hall–Kier alpha value is -3.81. The lowest BCUT2D eigenvalue weighted by Crippen LogP contribution is -2.17. The van der Waals surface area contributed by atoms with Crippen molar-refractivity contribution in [3.05, 3.63) is 78.4 Å². The van der Waals surface area contributed by atoms with Gasteiger partial charge in [0.1, 0.15) is 12.0 Å². The molecule has 2 aromatic carbocycles. The largest absolute Gasteiger partial charge is 0.321 e. The summed E-state index contributed by atoms with van der Waals surface area (Å²) in [5, 5.41) is 18.7. The first-order valence-corrected chi connectivity index (χ1v) is 9.08. The molecule has 1 saturated carbocycles. The van der Waals surface area contributed by atoms with Crippen LogP contribution in [0.5, 0.6) is 0 Å². The second kappa shape index (κ2) is 6.73. The molecule has 8 nitrogen and oxygen atoms in total. The summed E-state index contributed by atoms with van der Waals surface area (Å²) in [5.74, 6) is 0.269. The lowest BCUT2D eigenvalue weighted by Gasteiger charge is -2.09. The van der Waals surface area contributed by atoms with Gasteiger partial charge in [-0.1, -0.05) is 18.2 Å². The van der Waals surface area contributed by atoms with Crippen molar-refractivity contribution in [2.24, 2.45) is 0 Å². The molecule has 0 saturated heterocycles. The Balaban J connectivity index is 1.42. The second-order valence-electron chi connectivity index (χ2n) is 6.73. The lowest BCUT2D eigenvalue weighted by atomic mass is 10.2. The van der Waals surface area contributed by atoms with Gasteiger partial charge in [-0.15, -0.1) is 5.10 Å². The molecule has 1 amide bonds. The van der Waals surface area contributed by atoms with Crippen LogP contribution in [-0.4, -0.2) is 35.9 Å². The summed E-state index contributed by atoms with van der Waals surface area (Å²) >= 11 is 0. The minimum absolute atomic E-state index is 0.196. The Morgan fingerprint density at radius 1 is 1.00 bits per heavy atom. The predicted molar refractivity (Wildman–Crippen MR) is 103 cm³/mol. The highest BCUT2D eigenvalue weighted by atomic mass is 16.2. The molecule has 0 unspecified atom stereocenters. The molecule has 8 heteroatoms. The first-order chi connectivity index (χ1) is 13.8. The SMILES string of the molecule is O=C(Nc1ccc(-n2cnnn2)cc1)c1cc(C2CC2)nn1-c1ccccc1. The van der Waals surface area contributed by atoms with Crippen LogP contribution in [0.3, 0.4) is 0 Å². The highest BCUT2D eigenvalue weighted by Gasteiger charge is 2.29. The predicted octanol–water partition coefficient (Wildman–Crippen LogP) is 2.98. The van der Waals surface area contributed by atoms with Crippen molar-refractivity contribution in [3.8, 4) is 11.4 Å². The van der Waals surface area contributed by atoms with Crippen molar-refractivity contribution in [1.82, 2.24) is 30.0 Å². The van der Waals surface area contributed by atoms with E-state index in [1.807, 2.05) is 60.7 Å². The molecule has 28 heavy (non-hydrogen) atoms. The van der Waals surface area contributed by atoms with Crippen molar-refractivity contribution in [3.63, 3.8) is 0 Å². The maximum atomic E-state index is 13.0. The van der Waals surface area contributed by atoms with E-state index in [9.17, 15) is 4.79 Å². The van der Waals surface area contributed by atoms with E-state index in [2.05, 4.69) is 25.9 Å². The number of amides is 1. The molecule has 138 valence electrons. The summed E-state index contributed by atoms with van der Waals surface area (Å²) in [6.07, 6.45) is 3.78. The molecule has 0 aliphatic heterocycles. The summed E-state index contributed by atoms with van der Waals surface area (Å²) in [6.45, 7) is 0. The number of hydrogen-bond donors (Lipinski definition) is 1. The first-order valence-electron chi connectivity index (χ1n) is 9.08. The zero-order valence-electron chi connectivity index (χ0n) is 14.9. The van der Waals surface area contributed by atoms with Crippen molar-refractivity contribution >= 4 is 11.6 Å². The summed E-state index contributed by atoms with van der Waals surface area (Å²) in [7, 11) is 0. The zero-order valence-corrected chi connectivity index (χ0v) is 14.9. The summed E-state index contributed by atoms with van der Waals surface area (Å²) < 4.78 is 3.27. The number of carbonyl (C=O) groups is 1. The van der Waals surface area contributed by atoms with Gasteiger partial charge in [-0.05, 0) is 65.7 Å². The molecule has 0 atom stereocenters. The molecule has 1 fully saturated rings. The first kappa shape index (κ1) is 16.4. The van der Waals surface area contributed by atoms with Crippen LogP contribution in [0.2, 0.25) is 0 Å². The zero-order chi connectivity index (χ0) is 18.9. The van der Waals surface area contributed by atoms with Gasteiger partial charge >= 0.3 is 0 Å². The highest BCUT2D eigenvalue weighted by molar-refractivity contribution is 6.03. The minimum atomic E-state index is -0.196. The van der Waals surface area contributed by atoms with Gasteiger partial charge in [-0.3, -0.25) is 4.79 Å². The number of tetrazole rings is 1. The standard InChI is InChI=1S/C20H17N7O/c28-20(22-15-8-10-16(11-9-15)26-13-21-24-25-26)19-12-18(14-6-7-14)23-27(19)17-4-2-1-3-5-17/h1-5,8-14H,6-7H2,(H,22,28). The van der Waals surface area contributed by atoms with Crippen LogP contribution in [0, 0.1) is 0 Å². The fourth-order valence-corrected chi connectivity index (χ4v) is 3.08. The number of carbonyl (C=O) groups excluding carboxylic acids is 1. The molecule has 0 radical (unpaired) electrons. The average molecular weight is 371 g/mol. The maximum absolute atomic E-state index is 13.0. The molecule has 1 N–H and O–H groups in total. The fraction of sp³-hybridized carbons (Fsp3) is 0.150. The normalized spacial score (nSPS) is 13.4. The highest BCUT2D eigenvalue weighted by Crippen LogP contribution is 2.39. The third-order valence-electron chi connectivity index (χ3n) is 4.70. The molecule has 4 aromatic rings. The van der Waals surface area contributed by atoms with Crippen molar-refractivity contribution < 1.29 is 4.79 Å². The van der Waals surface area contributed by atoms with E-state index in [4.69, 9.17) is 0 Å². The van der Waals surface area contributed by atoms with E-state index in [0.29, 0.717) is 17.3 Å². The number of nitrogens with zero attached hydrogens (tertiary/aromatic N) is 6. The molecule has 5 rings (SSSR count). The molecule has 2 aromatic heterocycles. The number of hydrogen-bond acceptors (Lipinski definition) is 5. The van der Waals surface area contributed by atoms with Crippen LogP contribution in [0.4, 0.5) is 5.69 Å². The van der Waals surface area contributed by atoms with Crippen LogP contribution in [0.25, 0.3) is 11.4 Å². The van der Waals surface area contributed by atoms with Gasteiger partial charge in [0.15, 0.2) is 0 Å². The van der Waals surface area contributed by atoms with Gasteiger partial charge in [0, 0.05) is 11.6 Å². The molecule has 1 aliphatic rings.